The van der Waals surface area contributed by atoms with Crippen LogP contribution in [0, 0.1) is 0 Å². The van der Waals surface area contributed by atoms with E-state index in [1.165, 1.54) is 285 Å². The summed E-state index contributed by atoms with van der Waals surface area (Å²) < 4.78 is 0. The van der Waals surface area contributed by atoms with Gasteiger partial charge in [0.1, 0.15) is 33.1 Å². The van der Waals surface area contributed by atoms with Crippen LogP contribution in [0.1, 0.15) is 307 Å². The maximum absolute atomic E-state index is 5.85. The van der Waals surface area contributed by atoms with E-state index in [0.29, 0.717) is 0 Å². The summed E-state index contributed by atoms with van der Waals surface area (Å²) in [6, 6.07) is 0. The summed E-state index contributed by atoms with van der Waals surface area (Å²) in [5.74, 6) is 0. The molecule has 0 N–H and O–H groups in total. The third-order valence-electron chi connectivity index (χ3n) is 15.9. The fraction of sp³-hybridized carbons (Fsp3) is 0.727. The Bertz CT molecular complexity index is 2310. The SMILES string of the molecule is CCCCCCCCc1nc2csc(-c3sc(-c4scc5nc(CCCCCCCC)c(CCCCCCCC)nc45)c4nc(CCCCCCCC)c(CCCCCCCC)nc34)c2nc1CCCCCCCC. The molecular formula is C66H104N6S3. The summed E-state index contributed by atoms with van der Waals surface area (Å²) in [6.07, 6.45) is 52.4. The van der Waals surface area contributed by atoms with E-state index in [-0.39, 0.29) is 0 Å². The highest BCUT2D eigenvalue weighted by molar-refractivity contribution is 7.28. The quantitative estimate of drug-likeness (QED) is 0.0355. The summed E-state index contributed by atoms with van der Waals surface area (Å²) in [6.45, 7) is 13.9. The number of fused-ring (bicyclic) bond motifs is 3. The molecule has 0 bridgehead atoms. The van der Waals surface area contributed by atoms with Crippen molar-refractivity contribution in [2.75, 3.05) is 0 Å². The van der Waals surface area contributed by atoms with Crippen LogP contribution in [0.4, 0.5) is 0 Å². The molecule has 0 fully saturated rings. The number of hydrogen-bond donors (Lipinski definition) is 0. The van der Waals surface area contributed by atoms with Crippen molar-refractivity contribution in [3.05, 3.63) is 44.9 Å². The van der Waals surface area contributed by atoms with E-state index < -0.39 is 0 Å². The lowest BCUT2D eigenvalue weighted by Crippen LogP contribution is -2.04. The van der Waals surface area contributed by atoms with Crippen LogP contribution in [-0.4, -0.2) is 29.9 Å². The Morgan fingerprint density at radius 3 is 0.707 bits per heavy atom. The first kappa shape index (κ1) is 61.3. The molecular weight excluding hydrogens is 973 g/mol. The van der Waals surface area contributed by atoms with Gasteiger partial charge >= 0.3 is 0 Å². The van der Waals surface area contributed by atoms with Gasteiger partial charge in [-0.1, -0.05) is 234 Å². The van der Waals surface area contributed by atoms with E-state index in [0.717, 1.165) is 71.6 Å². The maximum Gasteiger partial charge on any atom is 0.109 e. The van der Waals surface area contributed by atoms with Crippen LogP contribution in [0.15, 0.2) is 10.8 Å². The van der Waals surface area contributed by atoms with Crippen molar-refractivity contribution in [2.45, 2.75) is 311 Å². The molecule has 0 radical (unpaired) electrons. The fourth-order valence-electron chi connectivity index (χ4n) is 11.2. The van der Waals surface area contributed by atoms with Gasteiger partial charge < -0.3 is 0 Å². The molecule has 0 amide bonds. The van der Waals surface area contributed by atoms with Gasteiger partial charge in [0.2, 0.25) is 0 Å². The predicted octanol–water partition coefficient (Wildman–Crippen LogP) is 22.5. The number of thiophene rings is 3. The number of hydrogen-bond acceptors (Lipinski definition) is 9. The smallest absolute Gasteiger partial charge is 0.109 e. The Kier molecular flexibility index (Phi) is 29.7. The van der Waals surface area contributed by atoms with Crippen LogP contribution < -0.4 is 0 Å². The van der Waals surface area contributed by atoms with Crippen molar-refractivity contribution in [1.29, 1.82) is 0 Å². The predicted molar refractivity (Wildman–Crippen MR) is 333 cm³/mol. The molecule has 0 aromatic carbocycles. The van der Waals surface area contributed by atoms with Gasteiger partial charge in [0.15, 0.2) is 0 Å². The molecule has 0 unspecified atom stereocenters. The molecule has 6 rings (SSSR count). The van der Waals surface area contributed by atoms with Gasteiger partial charge in [-0.25, -0.2) is 29.9 Å². The summed E-state index contributed by atoms with van der Waals surface area (Å²) in [5, 5.41) is 4.59. The molecule has 6 nitrogen and oxygen atoms in total. The Morgan fingerprint density at radius 1 is 0.240 bits per heavy atom. The highest BCUT2D eigenvalue weighted by Gasteiger charge is 2.27. The van der Waals surface area contributed by atoms with E-state index in [2.05, 4.69) is 52.3 Å². The van der Waals surface area contributed by atoms with Gasteiger partial charge in [-0.15, -0.1) is 34.0 Å². The fourth-order valence-corrected chi connectivity index (χ4v) is 14.5. The standard InChI is InChI=1S/C66H104N6S3/c1-7-13-19-25-31-37-43-51-53(45-39-33-27-21-15-9-3)69-59-57(67-51)49-73-63(59)65-61-62(72-56(48-42-36-30-24-18-12-6)55(71-61)47-41-35-29-23-17-11-5)66(75-65)64-60-58(50-74-64)68-52(44-38-32-26-20-14-8-2)54(70-60)46-40-34-28-22-16-10-4/h49-50H,7-48H2,1-6H3. The molecule has 9 heteroatoms. The third kappa shape index (κ3) is 19.8. The summed E-state index contributed by atoms with van der Waals surface area (Å²) in [7, 11) is 0. The van der Waals surface area contributed by atoms with Crippen LogP contribution >= 0.6 is 34.0 Å². The molecule has 0 atom stereocenters. The van der Waals surface area contributed by atoms with Crippen LogP contribution in [-0.2, 0) is 38.5 Å². The molecule has 0 saturated heterocycles. The van der Waals surface area contributed by atoms with E-state index >= 15 is 0 Å². The van der Waals surface area contributed by atoms with Gasteiger partial charge in [-0.05, 0) is 77.0 Å². The zero-order chi connectivity index (χ0) is 52.7. The minimum absolute atomic E-state index is 0.997. The van der Waals surface area contributed by atoms with Crippen molar-refractivity contribution in [1.82, 2.24) is 29.9 Å². The summed E-state index contributed by atoms with van der Waals surface area (Å²) in [5.41, 5.74) is 13.8. The second-order valence-corrected chi connectivity index (χ2v) is 25.3. The largest absolute Gasteiger partial charge is 0.248 e. The van der Waals surface area contributed by atoms with Crippen LogP contribution in [0.25, 0.3) is 52.6 Å². The monoisotopic (exact) mass is 1080 g/mol. The zero-order valence-electron chi connectivity index (χ0n) is 48.8. The Balaban J connectivity index is 1.45. The van der Waals surface area contributed by atoms with Crippen molar-refractivity contribution in [2.24, 2.45) is 0 Å². The van der Waals surface area contributed by atoms with Crippen molar-refractivity contribution < 1.29 is 0 Å². The van der Waals surface area contributed by atoms with Gasteiger partial charge in [-0.2, -0.15) is 0 Å². The molecule has 6 heterocycles. The zero-order valence-corrected chi connectivity index (χ0v) is 51.2. The maximum atomic E-state index is 5.85. The number of unbranched alkanes of at least 4 members (excludes halogenated alkanes) is 30. The Hall–Kier alpha value is -2.88. The molecule has 6 aromatic heterocycles. The first-order valence-corrected chi connectivity index (χ1v) is 34.5. The summed E-state index contributed by atoms with van der Waals surface area (Å²) in [4.78, 5) is 39.0. The van der Waals surface area contributed by atoms with Crippen molar-refractivity contribution in [3.8, 4) is 19.5 Å². The highest BCUT2D eigenvalue weighted by atomic mass is 32.1. The van der Waals surface area contributed by atoms with Gasteiger partial charge in [0.25, 0.3) is 0 Å². The molecule has 0 aliphatic heterocycles. The first-order chi connectivity index (χ1) is 37.0. The molecule has 416 valence electrons. The Labute approximate surface area is 469 Å². The lowest BCUT2D eigenvalue weighted by molar-refractivity contribution is 0.593. The van der Waals surface area contributed by atoms with E-state index in [9.17, 15) is 0 Å². The normalized spacial score (nSPS) is 12.0. The number of aromatic nitrogens is 6. The summed E-state index contributed by atoms with van der Waals surface area (Å²) >= 11 is 5.55. The average Bonchev–Trinajstić information content (AvgIpc) is 4.14. The van der Waals surface area contributed by atoms with Crippen molar-refractivity contribution >= 4 is 67.1 Å². The van der Waals surface area contributed by atoms with Gasteiger partial charge in [-0.3, -0.25) is 0 Å². The lowest BCUT2D eigenvalue weighted by atomic mass is 10.0. The molecule has 0 aliphatic carbocycles. The molecule has 0 saturated carbocycles. The van der Waals surface area contributed by atoms with Crippen molar-refractivity contribution in [3.63, 3.8) is 0 Å². The average molecular weight is 1080 g/mol. The minimum atomic E-state index is 0.997. The lowest BCUT2D eigenvalue weighted by Gasteiger charge is -2.11. The van der Waals surface area contributed by atoms with E-state index in [1.54, 1.807) is 0 Å². The number of nitrogens with zero attached hydrogens (tertiary/aromatic N) is 6. The van der Waals surface area contributed by atoms with Crippen LogP contribution in [0.3, 0.4) is 0 Å². The second-order valence-electron chi connectivity index (χ2n) is 22.5. The van der Waals surface area contributed by atoms with Crippen LogP contribution in [0.2, 0.25) is 0 Å². The Morgan fingerprint density at radius 2 is 0.453 bits per heavy atom. The minimum Gasteiger partial charge on any atom is -0.248 e. The second kappa shape index (κ2) is 36.3. The molecule has 6 aromatic rings. The van der Waals surface area contributed by atoms with E-state index in [4.69, 9.17) is 29.9 Å². The van der Waals surface area contributed by atoms with Gasteiger partial charge in [0, 0.05) is 10.8 Å². The van der Waals surface area contributed by atoms with E-state index in [1.807, 2.05) is 34.0 Å². The van der Waals surface area contributed by atoms with Crippen LogP contribution in [0.5, 0.6) is 0 Å². The third-order valence-corrected chi connectivity index (χ3v) is 19.3. The molecule has 0 spiro atoms. The first-order valence-electron chi connectivity index (χ1n) is 31.9. The number of rotatable bonds is 44. The highest BCUT2D eigenvalue weighted by Crippen LogP contribution is 2.49. The molecule has 75 heavy (non-hydrogen) atoms. The molecule has 0 aliphatic rings. The topological polar surface area (TPSA) is 77.3 Å². The van der Waals surface area contributed by atoms with Gasteiger partial charge in [0.05, 0.1) is 53.7 Å². The number of aryl methyl sites for hydroxylation is 6.